The van der Waals surface area contributed by atoms with Gasteiger partial charge in [0.15, 0.2) is 0 Å². The minimum Gasteiger partial charge on any atom is -0.248 e. The van der Waals surface area contributed by atoms with E-state index in [2.05, 4.69) is 30.9 Å². The van der Waals surface area contributed by atoms with E-state index >= 15 is 0 Å². The first-order chi connectivity index (χ1) is 5.33. The van der Waals surface area contributed by atoms with Gasteiger partial charge in [0.05, 0.1) is 15.0 Å². The van der Waals surface area contributed by atoms with E-state index in [-0.39, 0.29) is 0 Å². The van der Waals surface area contributed by atoms with Gasteiger partial charge in [-0.3, -0.25) is 0 Å². The molecule has 11 heavy (non-hydrogen) atoms. The van der Waals surface area contributed by atoms with Crippen LogP contribution in [0.5, 0.6) is 0 Å². The molecule has 0 N–H and O–H groups in total. The number of thiazole rings is 1. The summed E-state index contributed by atoms with van der Waals surface area (Å²) in [7, 11) is 0. The molecule has 6 heteroatoms. The average molecular weight is 233 g/mol. The molecule has 4 nitrogen and oxygen atoms in total. The van der Waals surface area contributed by atoms with Crippen molar-refractivity contribution in [3.8, 4) is 0 Å². The van der Waals surface area contributed by atoms with Crippen molar-refractivity contribution in [1.82, 2.24) is 4.98 Å². The predicted octanol–water partition coefficient (Wildman–Crippen LogP) is 2.76. The molecule has 0 aliphatic heterocycles. The average Bonchev–Trinajstić information content (AvgIpc) is 2.37. The Hall–Kier alpha value is -0.580. The van der Waals surface area contributed by atoms with Crippen LogP contribution in [-0.2, 0) is 6.42 Å². The Labute approximate surface area is 76.0 Å². The molecule has 0 saturated heterocycles. The lowest BCUT2D eigenvalue weighted by molar-refractivity contribution is 0.942. The van der Waals surface area contributed by atoms with Crippen LogP contribution in [0.15, 0.2) is 15.1 Å². The van der Waals surface area contributed by atoms with Gasteiger partial charge in [0.2, 0.25) is 0 Å². The van der Waals surface area contributed by atoms with Crippen molar-refractivity contribution in [3.05, 3.63) is 25.4 Å². The van der Waals surface area contributed by atoms with Gasteiger partial charge in [-0.15, -0.1) is 11.3 Å². The van der Waals surface area contributed by atoms with Crippen LogP contribution in [-0.4, -0.2) is 11.5 Å². The molecule has 0 fully saturated rings. The molecule has 1 aromatic heterocycles. The molecule has 58 valence electrons. The molecule has 1 heterocycles. The van der Waals surface area contributed by atoms with Gasteiger partial charge in [-0.2, -0.15) is 0 Å². The van der Waals surface area contributed by atoms with E-state index in [0.29, 0.717) is 6.54 Å². The van der Waals surface area contributed by atoms with Gasteiger partial charge >= 0.3 is 0 Å². The summed E-state index contributed by atoms with van der Waals surface area (Å²) in [5.74, 6) is 0. The van der Waals surface area contributed by atoms with E-state index in [9.17, 15) is 0 Å². The maximum Gasteiger partial charge on any atom is 0.0938 e. The van der Waals surface area contributed by atoms with Crippen molar-refractivity contribution in [2.75, 3.05) is 6.54 Å². The fourth-order valence-corrected chi connectivity index (χ4v) is 1.89. The fourth-order valence-electron chi connectivity index (χ4n) is 0.594. The minimum atomic E-state index is 0.483. The normalized spacial score (nSPS) is 9.18. The monoisotopic (exact) mass is 232 g/mol. The largest absolute Gasteiger partial charge is 0.248 e. The summed E-state index contributed by atoms with van der Waals surface area (Å²) in [4.78, 5) is 6.72. The van der Waals surface area contributed by atoms with Crippen LogP contribution in [0.25, 0.3) is 10.4 Å². The van der Waals surface area contributed by atoms with Crippen LogP contribution in [0.1, 0.15) is 5.01 Å². The fraction of sp³-hybridized carbons (Fsp3) is 0.400. The third-order valence-electron chi connectivity index (χ3n) is 1.01. The van der Waals surface area contributed by atoms with Gasteiger partial charge in [0, 0.05) is 17.9 Å². The number of azide groups is 1. The van der Waals surface area contributed by atoms with E-state index in [4.69, 9.17) is 5.53 Å². The first-order valence-electron chi connectivity index (χ1n) is 2.94. The van der Waals surface area contributed by atoms with Crippen molar-refractivity contribution in [2.24, 2.45) is 5.11 Å². The number of nitrogens with zero attached hydrogens (tertiary/aromatic N) is 4. The third kappa shape index (κ3) is 2.88. The topological polar surface area (TPSA) is 61.7 Å². The second kappa shape index (κ2) is 4.33. The molecule has 0 bridgehead atoms. The van der Waals surface area contributed by atoms with Gasteiger partial charge in [0.1, 0.15) is 0 Å². The lowest BCUT2D eigenvalue weighted by Crippen LogP contribution is -1.85. The van der Waals surface area contributed by atoms with Crippen molar-refractivity contribution in [3.63, 3.8) is 0 Å². The van der Waals surface area contributed by atoms with Crippen molar-refractivity contribution in [2.45, 2.75) is 6.42 Å². The number of hydrogen-bond acceptors (Lipinski definition) is 3. The Morgan fingerprint density at radius 2 is 2.64 bits per heavy atom. The zero-order chi connectivity index (χ0) is 8.10. The highest BCUT2D eigenvalue weighted by Gasteiger charge is 1.96. The summed E-state index contributed by atoms with van der Waals surface area (Å²) >= 11 is 4.85. The number of aromatic nitrogens is 1. The predicted molar refractivity (Wildman–Crippen MR) is 47.5 cm³/mol. The van der Waals surface area contributed by atoms with Crippen LogP contribution in [0.2, 0.25) is 0 Å². The first-order valence-corrected chi connectivity index (χ1v) is 4.55. The molecule has 0 saturated carbocycles. The zero-order valence-corrected chi connectivity index (χ0v) is 7.97. The van der Waals surface area contributed by atoms with Crippen molar-refractivity contribution >= 4 is 27.3 Å². The highest BCUT2D eigenvalue weighted by Crippen LogP contribution is 2.19. The summed E-state index contributed by atoms with van der Waals surface area (Å²) < 4.78 is 1.01. The lowest BCUT2D eigenvalue weighted by atomic mass is 10.5. The number of rotatable bonds is 3. The van der Waals surface area contributed by atoms with E-state index in [1.165, 1.54) is 0 Å². The maximum atomic E-state index is 7.98. The second-order valence-electron chi connectivity index (χ2n) is 1.76. The van der Waals surface area contributed by atoms with Crippen molar-refractivity contribution in [1.29, 1.82) is 0 Å². The minimum absolute atomic E-state index is 0.483. The number of hydrogen-bond donors (Lipinski definition) is 0. The summed E-state index contributed by atoms with van der Waals surface area (Å²) in [6, 6.07) is 0. The summed E-state index contributed by atoms with van der Waals surface area (Å²) in [5, 5.41) is 4.40. The molecule has 0 aliphatic rings. The highest BCUT2D eigenvalue weighted by molar-refractivity contribution is 9.11. The van der Waals surface area contributed by atoms with Crippen LogP contribution >= 0.6 is 27.3 Å². The molecule has 0 aromatic carbocycles. The van der Waals surface area contributed by atoms with E-state index in [1.807, 2.05) is 0 Å². The molecular weight excluding hydrogens is 228 g/mol. The van der Waals surface area contributed by atoms with Gasteiger partial charge in [-0.1, -0.05) is 5.11 Å². The smallest absolute Gasteiger partial charge is 0.0938 e. The van der Waals surface area contributed by atoms with E-state index < -0.39 is 0 Å². The first kappa shape index (κ1) is 8.52. The molecule has 0 spiro atoms. The Kier molecular flexibility index (Phi) is 3.35. The molecule has 0 radical (unpaired) electrons. The van der Waals surface area contributed by atoms with Crippen LogP contribution in [0, 0.1) is 0 Å². The van der Waals surface area contributed by atoms with Crippen LogP contribution in [0.4, 0.5) is 0 Å². The summed E-state index contributed by atoms with van der Waals surface area (Å²) in [6.07, 6.45) is 2.47. The quantitative estimate of drug-likeness (QED) is 0.449. The molecule has 1 rings (SSSR count). The van der Waals surface area contributed by atoms with Crippen molar-refractivity contribution < 1.29 is 0 Å². The molecule has 0 aliphatic carbocycles. The Balaban J connectivity index is 2.44. The van der Waals surface area contributed by atoms with Gasteiger partial charge in [-0.25, -0.2) is 4.98 Å². The van der Waals surface area contributed by atoms with Gasteiger partial charge in [-0.05, 0) is 21.5 Å². The van der Waals surface area contributed by atoms with Gasteiger partial charge < -0.3 is 0 Å². The maximum absolute atomic E-state index is 7.98. The lowest BCUT2D eigenvalue weighted by Gasteiger charge is -1.85. The van der Waals surface area contributed by atoms with Crippen LogP contribution in [0.3, 0.4) is 0 Å². The van der Waals surface area contributed by atoms with Gasteiger partial charge in [0.25, 0.3) is 0 Å². The Morgan fingerprint density at radius 1 is 1.82 bits per heavy atom. The third-order valence-corrected chi connectivity index (χ3v) is 2.55. The van der Waals surface area contributed by atoms with Crippen LogP contribution < -0.4 is 0 Å². The highest BCUT2D eigenvalue weighted by atomic mass is 79.9. The Morgan fingerprint density at radius 3 is 3.18 bits per heavy atom. The van der Waals surface area contributed by atoms with E-state index in [0.717, 1.165) is 15.2 Å². The Bertz CT molecular complexity index is 278. The molecular formula is C5H5BrN4S. The molecule has 1 aromatic rings. The SMILES string of the molecule is [N-]=[N+]=NCCc1ncc(Br)s1. The molecule has 0 unspecified atom stereocenters. The zero-order valence-electron chi connectivity index (χ0n) is 5.57. The molecule has 0 atom stereocenters. The van der Waals surface area contributed by atoms with E-state index in [1.54, 1.807) is 17.5 Å². The summed E-state index contributed by atoms with van der Waals surface area (Å²) in [5.41, 5.74) is 7.98. The summed E-state index contributed by atoms with van der Waals surface area (Å²) in [6.45, 7) is 0.483. The number of halogens is 1. The molecule has 0 amide bonds. The standard InChI is InChI=1S/C5H5BrN4S/c6-4-3-8-5(11-4)1-2-9-10-7/h3H,1-2H2. The second-order valence-corrected chi connectivity index (χ2v) is 4.26.